The van der Waals surface area contributed by atoms with Gasteiger partial charge in [-0.25, -0.2) is 4.79 Å². The van der Waals surface area contributed by atoms with E-state index >= 15 is 0 Å². The number of ether oxygens (including phenoxy) is 1. The number of benzene rings is 1. The van der Waals surface area contributed by atoms with Crippen LogP contribution in [0.4, 0.5) is 0 Å². The number of carbonyl (C=O) groups is 1. The molecule has 0 saturated carbocycles. The quantitative estimate of drug-likeness (QED) is 0.762. The predicted molar refractivity (Wildman–Crippen MR) is 63.3 cm³/mol. The van der Waals surface area contributed by atoms with E-state index in [2.05, 4.69) is 5.32 Å². The number of piperidine rings is 1. The molecular formula is C13H17NO3. The summed E-state index contributed by atoms with van der Waals surface area (Å²) in [5.74, 6) is -0.511. The Labute approximate surface area is 101 Å². The first-order valence-corrected chi connectivity index (χ1v) is 5.85. The summed E-state index contributed by atoms with van der Waals surface area (Å²) in [4.78, 5) is 11.8. The predicted octanol–water partition coefficient (Wildman–Crippen LogP) is 0.844. The number of aliphatic hydroxyl groups is 1. The summed E-state index contributed by atoms with van der Waals surface area (Å²) in [6.45, 7) is 1.52. The van der Waals surface area contributed by atoms with Gasteiger partial charge in [-0.1, -0.05) is 30.3 Å². The smallest absolute Gasteiger partial charge is 0.338 e. The Morgan fingerprint density at radius 1 is 1.29 bits per heavy atom. The third kappa shape index (κ3) is 3.05. The van der Waals surface area contributed by atoms with Crippen LogP contribution in [-0.4, -0.2) is 29.8 Å². The fourth-order valence-electron chi connectivity index (χ4n) is 1.90. The zero-order valence-electron chi connectivity index (χ0n) is 9.69. The molecule has 1 aliphatic heterocycles. The van der Waals surface area contributed by atoms with Crippen LogP contribution in [0.3, 0.4) is 0 Å². The molecule has 0 spiro atoms. The standard InChI is InChI=1S/C13H17NO3/c15-12(13(16)6-8-14-9-7-13)17-10-11-4-2-1-3-5-11/h1-5,14,16H,6-10H2. The minimum atomic E-state index is -1.31. The molecule has 1 aromatic carbocycles. The van der Waals surface area contributed by atoms with Gasteiger partial charge in [-0.3, -0.25) is 0 Å². The summed E-state index contributed by atoms with van der Waals surface area (Å²) >= 11 is 0. The second-order valence-corrected chi connectivity index (χ2v) is 4.34. The van der Waals surface area contributed by atoms with Crippen LogP contribution in [0, 0.1) is 0 Å². The Kier molecular flexibility index (Phi) is 3.76. The summed E-state index contributed by atoms with van der Waals surface area (Å²) in [7, 11) is 0. The Hall–Kier alpha value is -1.39. The topological polar surface area (TPSA) is 58.6 Å². The van der Waals surface area contributed by atoms with E-state index < -0.39 is 11.6 Å². The van der Waals surface area contributed by atoms with E-state index in [0.717, 1.165) is 5.56 Å². The Bertz CT molecular complexity index is 372. The molecule has 92 valence electrons. The average molecular weight is 235 g/mol. The van der Waals surface area contributed by atoms with Crippen molar-refractivity contribution in [2.24, 2.45) is 0 Å². The summed E-state index contributed by atoms with van der Waals surface area (Å²) in [5.41, 5.74) is -0.376. The number of hydrogen-bond acceptors (Lipinski definition) is 4. The average Bonchev–Trinajstić information content (AvgIpc) is 2.38. The molecule has 2 rings (SSSR count). The third-order valence-electron chi connectivity index (χ3n) is 3.02. The van der Waals surface area contributed by atoms with Gasteiger partial charge in [-0.2, -0.15) is 0 Å². The molecule has 17 heavy (non-hydrogen) atoms. The number of esters is 1. The minimum Gasteiger partial charge on any atom is -0.459 e. The van der Waals surface area contributed by atoms with Crippen LogP contribution in [0.1, 0.15) is 18.4 Å². The zero-order valence-corrected chi connectivity index (χ0v) is 9.69. The van der Waals surface area contributed by atoms with Gasteiger partial charge in [0, 0.05) is 0 Å². The van der Waals surface area contributed by atoms with Gasteiger partial charge >= 0.3 is 5.97 Å². The number of hydrogen-bond donors (Lipinski definition) is 2. The van der Waals surface area contributed by atoms with Crippen LogP contribution in [0.15, 0.2) is 30.3 Å². The lowest BCUT2D eigenvalue weighted by Gasteiger charge is -2.30. The van der Waals surface area contributed by atoms with E-state index in [1.54, 1.807) is 0 Å². The van der Waals surface area contributed by atoms with Crippen molar-refractivity contribution in [3.05, 3.63) is 35.9 Å². The molecule has 0 amide bonds. The number of rotatable bonds is 3. The van der Waals surface area contributed by atoms with E-state index in [4.69, 9.17) is 4.74 Å². The van der Waals surface area contributed by atoms with Gasteiger partial charge in [0.25, 0.3) is 0 Å². The Balaban J connectivity index is 1.88. The van der Waals surface area contributed by atoms with Crippen molar-refractivity contribution >= 4 is 5.97 Å². The van der Waals surface area contributed by atoms with Crippen molar-refractivity contribution < 1.29 is 14.6 Å². The molecule has 1 aliphatic rings. The largest absolute Gasteiger partial charge is 0.459 e. The van der Waals surface area contributed by atoms with Gasteiger partial charge in [-0.05, 0) is 31.5 Å². The highest BCUT2D eigenvalue weighted by Crippen LogP contribution is 2.20. The van der Waals surface area contributed by atoms with E-state index in [-0.39, 0.29) is 6.61 Å². The molecule has 4 heteroatoms. The van der Waals surface area contributed by atoms with Crippen molar-refractivity contribution in [3.8, 4) is 0 Å². The van der Waals surface area contributed by atoms with Crippen molar-refractivity contribution in [1.29, 1.82) is 0 Å². The zero-order chi connectivity index (χ0) is 12.1. The molecule has 1 aromatic rings. The summed E-state index contributed by atoms with van der Waals surface area (Å²) < 4.78 is 5.15. The maximum absolute atomic E-state index is 11.8. The van der Waals surface area contributed by atoms with Crippen molar-refractivity contribution in [1.82, 2.24) is 5.32 Å². The van der Waals surface area contributed by atoms with Crippen LogP contribution in [-0.2, 0) is 16.1 Å². The van der Waals surface area contributed by atoms with Gasteiger partial charge in [0.15, 0.2) is 5.60 Å². The molecule has 1 heterocycles. The Morgan fingerprint density at radius 3 is 2.59 bits per heavy atom. The first-order chi connectivity index (χ1) is 8.21. The summed E-state index contributed by atoms with van der Waals surface area (Å²) in [5, 5.41) is 13.2. The summed E-state index contributed by atoms with van der Waals surface area (Å²) in [6.07, 6.45) is 0.835. The normalized spacial score (nSPS) is 18.6. The lowest BCUT2D eigenvalue weighted by atomic mass is 9.93. The fraction of sp³-hybridized carbons (Fsp3) is 0.462. The van der Waals surface area contributed by atoms with Crippen LogP contribution < -0.4 is 5.32 Å². The number of nitrogens with one attached hydrogen (secondary N) is 1. The lowest BCUT2D eigenvalue weighted by Crippen LogP contribution is -2.48. The van der Waals surface area contributed by atoms with Crippen molar-refractivity contribution in [2.75, 3.05) is 13.1 Å². The van der Waals surface area contributed by atoms with Crippen LogP contribution >= 0.6 is 0 Å². The molecule has 4 nitrogen and oxygen atoms in total. The van der Waals surface area contributed by atoms with Crippen LogP contribution in [0.25, 0.3) is 0 Å². The van der Waals surface area contributed by atoms with Crippen LogP contribution in [0.5, 0.6) is 0 Å². The second kappa shape index (κ2) is 5.29. The van der Waals surface area contributed by atoms with Gasteiger partial charge in [-0.15, -0.1) is 0 Å². The molecule has 0 aliphatic carbocycles. The minimum absolute atomic E-state index is 0.218. The molecule has 0 bridgehead atoms. The van der Waals surface area contributed by atoms with Gasteiger partial charge in [0.05, 0.1) is 0 Å². The van der Waals surface area contributed by atoms with Gasteiger partial charge in [0.1, 0.15) is 6.61 Å². The van der Waals surface area contributed by atoms with Crippen molar-refractivity contribution in [2.45, 2.75) is 25.0 Å². The van der Waals surface area contributed by atoms with E-state index in [0.29, 0.717) is 25.9 Å². The first-order valence-electron chi connectivity index (χ1n) is 5.85. The Morgan fingerprint density at radius 2 is 1.94 bits per heavy atom. The molecular weight excluding hydrogens is 218 g/mol. The molecule has 1 fully saturated rings. The van der Waals surface area contributed by atoms with Gasteiger partial charge < -0.3 is 15.2 Å². The van der Waals surface area contributed by atoms with E-state index in [1.807, 2.05) is 30.3 Å². The van der Waals surface area contributed by atoms with Crippen molar-refractivity contribution in [3.63, 3.8) is 0 Å². The fourth-order valence-corrected chi connectivity index (χ4v) is 1.90. The first kappa shape index (κ1) is 12.1. The van der Waals surface area contributed by atoms with Gasteiger partial charge in [0.2, 0.25) is 0 Å². The maximum atomic E-state index is 11.8. The van der Waals surface area contributed by atoms with E-state index in [1.165, 1.54) is 0 Å². The molecule has 2 N–H and O–H groups in total. The number of carbonyl (C=O) groups excluding carboxylic acids is 1. The summed E-state index contributed by atoms with van der Waals surface area (Å²) in [6, 6.07) is 9.47. The molecule has 0 unspecified atom stereocenters. The highest BCUT2D eigenvalue weighted by atomic mass is 16.5. The highest BCUT2D eigenvalue weighted by molar-refractivity contribution is 5.79. The molecule has 0 atom stereocenters. The van der Waals surface area contributed by atoms with Crippen LogP contribution in [0.2, 0.25) is 0 Å². The molecule has 0 radical (unpaired) electrons. The lowest BCUT2D eigenvalue weighted by molar-refractivity contribution is -0.169. The highest BCUT2D eigenvalue weighted by Gasteiger charge is 2.38. The van der Waals surface area contributed by atoms with E-state index in [9.17, 15) is 9.90 Å². The monoisotopic (exact) mass is 235 g/mol. The third-order valence-corrected chi connectivity index (χ3v) is 3.02. The SMILES string of the molecule is O=C(OCc1ccccc1)C1(O)CCNCC1. The maximum Gasteiger partial charge on any atom is 0.338 e. The molecule has 0 aromatic heterocycles. The molecule has 1 saturated heterocycles. The second-order valence-electron chi connectivity index (χ2n) is 4.34.